The van der Waals surface area contributed by atoms with Gasteiger partial charge in [-0.1, -0.05) is 30.3 Å². The van der Waals surface area contributed by atoms with Crippen molar-refractivity contribution >= 4 is 6.47 Å². The normalized spacial score (nSPS) is 20.1. The van der Waals surface area contributed by atoms with E-state index in [0.29, 0.717) is 6.47 Å². The minimum absolute atomic E-state index is 0.0973. The largest absolute Gasteiger partial charge is 0.449 e. The maximum Gasteiger partial charge on any atom is 0.327 e. The molecule has 2 aromatic rings. The molecule has 2 unspecified atom stereocenters. The number of benzene rings is 1. The molecule has 6 nitrogen and oxygen atoms in total. The molecule has 3 rings (SSSR count). The SMILES string of the molecule is CC(OC=O)N1CCCCC1n1cc(-c2ccccc2)[nH]c1=O. The number of nitrogens with zero attached hydrogens (tertiary/aromatic N) is 2. The van der Waals surface area contributed by atoms with Gasteiger partial charge in [0.15, 0.2) is 6.23 Å². The molecule has 0 bridgehead atoms. The summed E-state index contributed by atoms with van der Waals surface area (Å²) in [4.78, 5) is 28.0. The Kier molecular flexibility index (Phi) is 4.62. The van der Waals surface area contributed by atoms with Crippen LogP contribution in [0.4, 0.5) is 0 Å². The number of nitrogens with one attached hydrogen (secondary N) is 1. The predicted molar refractivity (Wildman–Crippen MR) is 86.7 cm³/mol. The van der Waals surface area contributed by atoms with E-state index in [1.807, 2.05) is 43.5 Å². The zero-order valence-corrected chi connectivity index (χ0v) is 13.1. The lowest BCUT2D eigenvalue weighted by atomic mass is 10.1. The number of H-pyrrole nitrogens is 1. The maximum atomic E-state index is 12.4. The number of piperidine rings is 1. The highest BCUT2D eigenvalue weighted by Crippen LogP contribution is 2.28. The Morgan fingerprint density at radius 3 is 2.83 bits per heavy atom. The first-order valence-electron chi connectivity index (χ1n) is 7.92. The molecule has 1 saturated heterocycles. The fourth-order valence-corrected chi connectivity index (χ4v) is 3.21. The minimum atomic E-state index is -0.347. The second kappa shape index (κ2) is 6.83. The van der Waals surface area contributed by atoms with E-state index in [0.717, 1.165) is 37.1 Å². The molecule has 2 atom stereocenters. The third-order valence-corrected chi connectivity index (χ3v) is 4.38. The molecule has 23 heavy (non-hydrogen) atoms. The van der Waals surface area contributed by atoms with Crippen LogP contribution in [-0.2, 0) is 9.53 Å². The number of aromatic nitrogens is 2. The lowest BCUT2D eigenvalue weighted by Crippen LogP contribution is -2.45. The summed E-state index contributed by atoms with van der Waals surface area (Å²) in [6.07, 6.45) is 4.35. The quantitative estimate of drug-likeness (QED) is 0.860. The van der Waals surface area contributed by atoms with E-state index in [1.165, 1.54) is 0 Å². The second-order valence-corrected chi connectivity index (χ2v) is 5.79. The zero-order valence-electron chi connectivity index (χ0n) is 13.1. The van der Waals surface area contributed by atoms with Crippen molar-refractivity contribution in [2.45, 2.75) is 38.6 Å². The molecule has 0 saturated carbocycles. The van der Waals surface area contributed by atoms with Gasteiger partial charge in [-0.25, -0.2) is 9.69 Å². The number of ether oxygens (including phenoxy) is 1. The Hall–Kier alpha value is -2.34. The molecule has 1 aliphatic heterocycles. The van der Waals surface area contributed by atoms with E-state index in [4.69, 9.17) is 4.74 Å². The van der Waals surface area contributed by atoms with Gasteiger partial charge >= 0.3 is 5.69 Å². The molecule has 1 aliphatic rings. The van der Waals surface area contributed by atoms with Crippen LogP contribution in [0.2, 0.25) is 0 Å². The summed E-state index contributed by atoms with van der Waals surface area (Å²) in [5.74, 6) is 0. The second-order valence-electron chi connectivity index (χ2n) is 5.79. The Labute approximate surface area is 134 Å². The molecule has 1 aromatic carbocycles. The van der Waals surface area contributed by atoms with E-state index >= 15 is 0 Å². The molecule has 0 aliphatic carbocycles. The average Bonchev–Trinajstić information content (AvgIpc) is 2.97. The molecule has 1 N–H and O–H groups in total. The Balaban J connectivity index is 1.92. The van der Waals surface area contributed by atoms with E-state index in [1.54, 1.807) is 4.57 Å². The number of likely N-dealkylation sites (tertiary alicyclic amines) is 1. The lowest BCUT2D eigenvalue weighted by Gasteiger charge is -2.38. The topological polar surface area (TPSA) is 67.3 Å². The third-order valence-electron chi connectivity index (χ3n) is 4.38. The summed E-state index contributed by atoms with van der Waals surface area (Å²) < 4.78 is 6.80. The lowest BCUT2D eigenvalue weighted by molar-refractivity contribution is -0.148. The van der Waals surface area contributed by atoms with Crippen LogP contribution in [0.3, 0.4) is 0 Å². The zero-order chi connectivity index (χ0) is 16.2. The third kappa shape index (κ3) is 3.22. The van der Waals surface area contributed by atoms with Gasteiger partial charge in [0.1, 0.15) is 0 Å². The summed E-state index contributed by atoms with van der Waals surface area (Å²) in [6.45, 7) is 3.10. The monoisotopic (exact) mass is 315 g/mol. The number of rotatable bonds is 5. The van der Waals surface area contributed by atoms with Crippen LogP contribution < -0.4 is 5.69 Å². The predicted octanol–water partition coefficient (Wildman–Crippen LogP) is 2.35. The van der Waals surface area contributed by atoms with Gasteiger partial charge in [0, 0.05) is 12.7 Å². The van der Waals surface area contributed by atoms with Crippen LogP contribution in [0, 0.1) is 0 Å². The van der Waals surface area contributed by atoms with Crippen molar-refractivity contribution in [3.05, 3.63) is 47.0 Å². The highest BCUT2D eigenvalue weighted by atomic mass is 16.5. The van der Waals surface area contributed by atoms with Gasteiger partial charge in [0.2, 0.25) is 0 Å². The minimum Gasteiger partial charge on any atom is -0.449 e. The molecule has 0 spiro atoms. The fraction of sp³-hybridized carbons (Fsp3) is 0.412. The van der Waals surface area contributed by atoms with E-state index < -0.39 is 0 Å². The molecular weight excluding hydrogens is 294 g/mol. The highest BCUT2D eigenvalue weighted by molar-refractivity contribution is 5.57. The van der Waals surface area contributed by atoms with Crippen LogP contribution in [0.25, 0.3) is 11.3 Å². The molecule has 0 radical (unpaired) electrons. The summed E-state index contributed by atoms with van der Waals surface area (Å²) >= 11 is 0. The molecule has 0 amide bonds. The molecular formula is C17H21N3O3. The average molecular weight is 315 g/mol. The molecule has 2 heterocycles. The van der Waals surface area contributed by atoms with Gasteiger partial charge in [-0.3, -0.25) is 9.36 Å². The number of hydrogen-bond acceptors (Lipinski definition) is 4. The van der Waals surface area contributed by atoms with E-state index in [9.17, 15) is 9.59 Å². The van der Waals surface area contributed by atoms with Gasteiger partial charge < -0.3 is 9.72 Å². The molecule has 122 valence electrons. The molecule has 1 aromatic heterocycles. The first-order chi connectivity index (χ1) is 11.2. The van der Waals surface area contributed by atoms with Crippen LogP contribution in [0.15, 0.2) is 41.3 Å². The van der Waals surface area contributed by atoms with Crippen LogP contribution >= 0.6 is 0 Å². The van der Waals surface area contributed by atoms with Crippen LogP contribution in [-0.4, -0.2) is 33.7 Å². The van der Waals surface area contributed by atoms with Crippen molar-refractivity contribution in [3.63, 3.8) is 0 Å². The van der Waals surface area contributed by atoms with Crippen LogP contribution in [0.5, 0.6) is 0 Å². The number of carbonyl (C=O) groups excluding carboxylic acids is 1. The van der Waals surface area contributed by atoms with Crippen molar-refractivity contribution in [1.29, 1.82) is 0 Å². The van der Waals surface area contributed by atoms with E-state index in [-0.39, 0.29) is 18.1 Å². The van der Waals surface area contributed by atoms with Crippen molar-refractivity contribution in [2.24, 2.45) is 0 Å². The summed E-state index contributed by atoms with van der Waals surface area (Å²) in [7, 11) is 0. The standard InChI is InChI=1S/C17H21N3O3/c1-13(23-12-21)19-10-6-5-9-16(19)20-11-15(18-17(20)22)14-7-3-2-4-8-14/h2-4,7-8,11-13,16H,5-6,9-10H2,1H3,(H,18,22). The summed E-state index contributed by atoms with van der Waals surface area (Å²) in [5.41, 5.74) is 1.63. The van der Waals surface area contributed by atoms with Crippen molar-refractivity contribution < 1.29 is 9.53 Å². The van der Waals surface area contributed by atoms with Gasteiger partial charge in [0.05, 0.1) is 11.9 Å². The van der Waals surface area contributed by atoms with Gasteiger partial charge in [0.25, 0.3) is 6.47 Å². The maximum absolute atomic E-state index is 12.4. The first kappa shape index (κ1) is 15.6. The number of imidazole rings is 1. The number of aromatic amines is 1. The Bertz CT molecular complexity index is 707. The Morgan fingerprint density at radius 2 is 2.09 bits per heavy atom. The number of carbonyl (C=O) groups is 1. The van der Waals surface area contributed by atoms with E-state index in [2.05, 4.69) is 9.88 Å². The summed E-state index contributed by atoms with van der Waals surface area (Å²) in [5, 5.41) is 0. The van der Waals surface area contributed by atoms with Gasteiger partial charge in [-0.2, -0.15) is 0 Å². The smallest absolute Gasteiger partial charge is 0.327 e. The number of hydrogen-bond donors (Lipinski definition) is 1. The van der Waals surface area contributed by atoms with Crippen molar-refractivity contribution in [1.82, 2.24) is 14.5 Å². The van der Waals surface area contributed by atoms with Gasteiger partial charge in [-0.15, -0.1) is 0 Å². The first-order valence-corrected chi connectivity index (χ1v) is 7.92. The fourth-order valence-electron chi connectivity index (χ4n) is 3.21. The Morgan fingerprint density at radius 1 is 1.30 bits per heavy atom. The summed E-state index contributed by atoms with van der Waals surface area (Å²) in [6, 6.07) is 9.76. The van der Waals surface area contributed by atoms with Crippen molar-refractivity contribution in [3.8, 4) is 11.3 Å². The van der Waals surface area contributed by atoms with Crippen LogP contribution in [0.1, 0.15) is 32.4 Å². The molecule has 6 heteroatoms. The molecule has 1 fully saturated rings. The van der Waals surface area contributed by atoms with Gasteiger partial charge in [-0.05, 0) is 31.7 Å². The van der Waals surface area contributed by atoms with Crippen molar-refractivity contribution in [2.75, 3.05) is 6.54 Å². The highest BCUT2D eigenvalue weighted by Gasteiger charge is 2.30.